The summed E-state index contributed by atoms with van der Waals surface area (Å²) >= 11 is 0. The zero-order valence-electron chi connectivity index (χ0n) is 9.63. The monoisotopic (exact) mass is 257 g/mol. The van der Waals surface area contributed by atoms with Crippen LogP contribution in [0.25, 0.3) is 0 Å². The van der Waals surface area contributed by atoms with Crippen LogP contribution in [-0.2, 0) is 0 Å². The highest BCUT2D eigenvalue weighted by Crippen LogP contribution is 2.34. The quantitative estimate of drug-likeness (QED) is 0.798. The fraction of sp³-hybridized carbons (Fsp3) is 0. The fourth-order valence-electron chi connectivity index (χ4n) is 2.09. The number of anilines is 1. The minimum absolute atomic E-state index is 0.0207. The lowest BCUT2D eigenvalue weighted by Crippen LogP contribution is -2.29. The molecule has 1 N–H and O–H groups in total. The second-order valence-corrected chi connectivity index (χ2v) is 4.12. The van der Waals surface area contributed by atoms with Crippen molar-refractivity contribution in [2.45, 2.75) is 0 Å². The maximum atomic E-state index is 12.9. The average molecular weight is 257 g/mol. The molecule has 0 unspecified atom stereocenters. The molecule has 0 aliphatic carbocycles. The van der Waals surface area contributed by atoms with Crippen LogP contribution in [0.15, 0.2) is 42.5 Å². The Kier molecular flexibility index (Phi) is 2.35. The van der Waals surface area contributed by atoms with Crippen LogP contribution in [0.1, 0.15) is 20.7 Å². The maximum absolute atomic E-state index is 12.9. The third-order valence-corrected chi connectivity index (χ3v) is 2.97. The van der Waals surface area contributed by atoms with E-state index in [2.05, 4.69) is 0 Å². The van der Waals surface area contributed by atoms with Gasteiger partial charge in [-0.3, -0.25) is 9.59 Å². The van der Waals surface area contributed by atoms with E-state index in [-0.39, 0.29) is 16.8 Å². The number of carbonyl (C=O) groups excluding carboxylic acids is 2. The van der Waals surface area contributed by atoms with E-state index in [1.165, 1.54) is 18.2 Å². The number of phenols is 1. The molecule has 0 spiro atoms. The van der Waals surface area contributed by atoms with Gasteiger partial charge in [0.25, 0.3) is 11.8 Å². The summed E-state index contributed by atoms with van der Waals surface area (Å²) < 4.78 is 12.9. The molecule has 0 saturated heterocycles. The van der Waals surface area contributed by atoms with Crippen molar-refractivity contribution in [1.82, 2.24) is 0 Å². The Morgan fingerprint density at radius 3 is 2.05 bits per heavy atom. The second-order valence-electron chi connectivity index (χ2n) is 4.12. The summed E-state index contributed by atoms with van der Waals surface area (Å²) in [6.07, 6.45) is 0. The number of carbonyl (C=O) groups is 2. The number of hydrogen-bond donors (Lipinski definition) is 1. The number of imide groups is 1. The van der Waals surface area contributed by atoms with Gasteiger partial charge in [-0.05, 0) is 24.3 Å². The lowest BCUT2D eigenvalue weighted by atomic mass is 10.1. The first kappa shape index (κ1) is 11.4. The molecule has 0 aromatic heterocycles. The van der Waals surface area contributed by atoms with Gasteiger partial charge in [0.1, 0.15) is 11.6 Å². The zero-order chi connectivity index (χ0) is 13.6. The molecule has 1 aliphatic rings. The molecule has 4 nitrogen and oxygen atoms in total. The highest BCUT2D eigenvalue weighted by molar-refractivity contribution is 6.34. The highest BCUT2D eigenvalue weighted by atomic mass is 19.1. The molecule has 0 saturated carbocycles. The van der Waals surface area contributed by atoms with Crippen molar-refractivity contribution in [1.29, 1.82) is 0 Å². The summed E-state index contributed by atoms with van der Waals surface area (Å²) in [6, 6.07) is 9.52. The molecule has 1 aliphatic heterocycles. The van der Waals surface area contributed by atoms with Crippen LogP contribution >= 0.6 is 0 Å². The number of hydrogen-bond acceptors (Lipinski definition) is 3. The molecule has 0 atom stereocenters. The van der Waals surface area contributed by atoms with Gasteiger partial charge in [-0.25, -0.2) is 9.29 Å². The van der Waals surface area contributed by atoms with Crippen LogP contribution in [0.2, 0.25) is 0 Å². The second kappa shape index (κ2) is 3.91. The third kappa shape index (κ3) is 1.59. The molecular weight excluding hydrogens is 249 g/mol. The number of nitrogens with zero attached hydrogens (tertiary/aromatic N) is 1. The Hall–Kier alpha value is -2.69. The summed E-state index contributed by atoms with van der Waals surface area (Å²) in [5.74, 6) is -2.14. The highest BCUT2D eigenvalue weighted by Gasteiger charge is 2.37. The Morgan fingerprint density at radius 2 is 1.53 bits per heavy atom. The number of fused-ring (bicyclic) bond motifs is 1. The van der Waals surface area contributed by atoms with E-state index >= 15 is 0 Å². The molecule has 0 radical (unpaired) electrons. The molecule has 94 valence electrons. The summed E-state index contributed by atoms with van der Waals surface area (Å²) in [5.41, 5.74) is 0.528. The number of amides is 2. The van der Waals surface area contributed by atoms with Crippen molar-refractivity contribution in [2.24, 2.45) is 0 Å². The SMILES string of the molecule is O=C1c2ccccc2C(=O)N1c1ccc(F)cc1O. The molecular formula is C14H8FNO3. The Bertz CT molecular complexity index is 677. The smallest absolute Gasteiger partial charge is 0.266 e. The van der Waals surface area contributed by atoms with Crippen molar-refractivity contribution in [3.05, 3.63) is 59.4 Å². The summed E-state index contributed by atoms with van der Waals surface area (Å²) in [4.78, 5) is 25.1. The fourth-order valence-corrected chi connectivity index (χ4v) is 2.09. The third-order valence-electron chi connectivity index (χ3n) is 2.97. The molecule has 5 heteroatoms. The molecule has 2 aromatic rings. The minimum atomic E-state index is -0.641. The molecule has 3 rings (SSSR count). The van der Waals surface area contributed by atoms with Gasteiger partial charge in [0.15, 0.2) is 0 Å². The van der Waals surface area contributed by atoms with Gasteiger partial charge >= 0.3 is 0 Å². The first-order chi connectivity index (χ1) is 9.09. The van der Waals surface area contributed by atoms with Gasteiger partial charge in [0.2, 0.25) is 0 Å². The predicted molar refractivity (Wildman–Crippen MR) is 65.6 cm³/mol. The molecule has 1 heterocycles. The van der Waals surface area contributed by atoms with Gasteiger partial charge in [-0.2, -0.15) is 0 Å². The van der Waals surface area contributed by atoms with Crippen LogP contribution in [-0.4, -0.2) is 16.9 Å². The Balaban J connectivity index is 2.14. The van der Waals surface area contributed by atoms with E-state index < -0.39 is 23.4 Å². The van der Waals surface area contributed by atoms with E-state index in [1.807, 2.05) is 0 Å². The van der Waals surface area contributed by atoms with Crippen LogP contribution < -0.4 is 4.90 Å². The van der Waals surface area contributed by atoms with Crippen LogP contribution in [0.4, 0.5) is 10.1 Å². The number of phenolic OH excluding ortho intramolecular Hbond substituents is 1. The average Bonchev–Trinajstić information content (AvgIpc) is 2.64. The van der Waals surface area contributed by atoms with Crippen molar-refractivity contribution < 1.29 is 19.1 Å². The van der Waals surface area contributed by atoms with E-state index in [0.29, 0.717) is 0 Å². The number of benzene rings is 2. The predicted octanol–water partition coefficient (Wildman–Crippen LogP) is 2.33. The maximum Gasteiger partial charge on any atom is 0.266 e. The molecule has 19 heavy (non-hydrogen) atoms. The first-order valence-electron chi connectivity index (χ1n) is 5.56. The molecule has 2 aromatic carbocycles. The summed E-state index contributed by atoms with van der Waals surface area (Å²) in [6.45, 7) is 0. The van der Waals surface area contributed by atoms with E-state index in [1.54, 1.807) is 12.1 Å². The minimum Gasteiger partial charge on any atom is -0.506 e. The molecule has 0 fully saturated rings. The Morgan fingerprint density at radius 1 is 0.947 bits per heavy atom. The van der Waals surface area contributed by atoms with Crippen molar-refractivity contribution in [3.63, 3.8) is 0 Å². The zero-order valence-corrected chi connectivity index (χ0v) is 9.63. The summed E-state index contributed by atoms with van der Waals surface area (Å²) in [7, 11) is 0. The van der Waals surface area contributed by atoms with Crippen molar-refractivity contribution >= 4 is 17.5 Å². The summed E-state index contributed by atoms with van der Waals surface area (Å²) in [5, 5.41) is 9.68. The molecule has 0 bridgehead atoms. The number of rotatable bonds is 1. The standard InChI is InChI=1S/C14H8FNO3/c15-8-5-6-11(12(17)7-8)16-13(18)9-3-1-2-4-10(9)14(16)19/h1-7,17H. The molecule has 2 amide bonds. The van der Waals surface area contributed by atoms with Crippen LogP contribution in [0, 0.1) is 5.82 Å². The Labute approximate surface area is 107 Å². The number of halogens is 1. The van der Waals surface area contributed by atoms with Crippen LogP contribution in [0.3, 0.4) is 0 Å². The van der Waals surface area contributed by atoms with Crippen molar-refractivity contribution in [2.75, 3.05) is 4.90 Å². The van der Waals surface area contributed by atoms with Gasteiger partial charge in [0, 0.05) is 6.07 Å². The van der Waals surface area contributed by atoms with Gasteiger partial charge < -0.3 is 5.11 Å². The largest absolute Gasteiger partial charge is 0.506 e. The number of aromatic hydroxyl groups is 1. The lowest BCUT2D eigenvalue weighted by molar-refractivity contribution is 0.0925. The van der Waals surface area contributed by atoms with E-state index in [4.69, 9.17) is 0 Å². The van der Waals surface area contributed by atoms with Gasteiger partial charge in [-0.1, -0.05) is 12.1 Å². The van der Waals surface area contributed by atoms with Gasteiger partial charge in [-0.15, -0.1) is 0 Å². The van der Waals surface area contributed by atoms with Gasteiger partial charge in [0.05, 0.1) is 16.8 Å². The lowest BCUT2D eigenvalue weighted by Gasteiger charge is -2.15. The van der Waals surface area contributed by atoms with E-state index in [0.717, 1.165) is 17.0 Å². The van der Waals surface area contributed by atoms with Crippen LogP contribution in [0.5, 0.6) is 5.75 Å². The topological polar surface area (TPSA) is 57.6 Å². The van der Waals surface area contributed by atoms with Crippen molar-refractivity contribution in [3.8, 4) is 5.75 Å². The normalized spacial score (nSPS) is 13.8. The van der Waals surface area contributed by atoms with E-state index in [9.17, 15) is 19.1 Å². The first-order valence-corrected chi connectivity index (χ1v) is 5.56.